The Morgan fingerprint density at radius 2 is 1.76 bits per heavy atom. The average molecular weight is 518 g/mol. The quantitative estimate of drug-likeness (QED) is 0.363. The monoisotopic (exact) mass is 517 g/mol. The van der Waals surface area contributed by atoms with E-state index in [4.69, 9.17) is 14.7 Å². The molecule has 1 atom stereocenters. The maximum absolute atomic E-state index is 13.1. The summed E-state index contributed by atoms with van der Waals surface area (Å²) >= 11 is 1.55. The standard InChI is InChI=1S/C28H31N5O3S/c1-18(2)25(28(35)36-3)31-26-20-9-5-6-10-21(20)29-24(30-26)17-32-12-14-33(15-13-32)27(34)23-16-19-8-4-7-11-22(19)37-23/h4-11,16,18,25H,12-15,17H2,1-3H3,(H,29,30,31)/t25-/m0/s1. The van der Waals surface area contributed by atoms with Crippen LogP contribution in [0, 0.1) is 5.92 Å². The number of methoxy groups -OCH3 is 1. The second-order valence-electron chi connectivity index (χ2n) is 9.61. The van der Waals surface area contributed by atoms with Crippen molar-refractivity contribution < 1.29 is 14.3 Å². The summed E-state index contributed by atoms with van der Waals surface area (Å²) < 4.78 is 6.14. The van der Waals surface area contributed by atoms with Gasteiger partial charge in [0.2, 0.25) is 0 Å². The first kappa shape index (κ1) is 25.1. The molecule has 5 rings (SSSR count). The third-order valence-electron chi connectivity index (χ3n) is 6.72. The van der Waals surface area contributed by atoms with Crippen LogP contribution >= 0.6 is 11.3 Å². The van der Waals surface area contributed by atoms with Crippen molar-refractivity contribution >= 4 is 50.0 Å². The van der Waals surface area contributed by atoms with Crippen LogP contribution in [0.2, 0.25) is 0 Å². The number of benzene rings is 2. The Hall–Kier alpha value is -3.56. The number of para-hydroxylation sites is 1. The molecule has 0 unspecified atom stereocenters. The molecule has 3 heterocycles. The Morgan fingerprint density at radius 1 is 1.03 bits per heavy atom. The molecule has 8 nitrogen and oxygen atoms in total. The van der Waals surface area contributed by atoms with E-state index in [2.05, 4.69) is 16.3 Å². The zero-order valence-corrected chi connectivity index (χ0v) is 22.1. The molecule has 0 radical (unpaired) electrons. The van der Waals surface area contributed by atoms with Crippen LogP contribution in [-0.2, 0) is 16.1 Å². The highest BCUT2D eigenvalue weighted by molar-refractivity contribution is 7.20. The summed E-state index contributed by atoms with van der Waals surface area (Å²) in [6.45, 7) is 7.30. The Morgan fingerprint density at radius 3 is 2.49 bits per heavy atom. The van der Waals surface area contributed by atoms with E-state index >= 15 is 0 Å². The van der Waals surface area contributed by atoms with Gasteiger partial charge in [0.15, 0.2) is 0 Å². The molecule has 9 heteroatoms. The molecule has 0 spiro atoms. The highest BCUT2D eigenvalue weighted by Crippen LogP contribution is 2.27. The molecule has 1 fully saturated rings. The van der Waals surface area contributed by atoms with Crippen molar-refractivity contribution in [2.45, 2.75) is 26.4 Å². The Balaban J connectivity index is 1.29. The van der Waals surface area contributed by atoms with E-state index < -0.39 is 6.04 Å². The van der Waals surface area contributed by atoms with Crippen LogP contribution in [0.25, 0.3) is 21.0 Å². The Labute approximate surface area is 220 Å². The number of aromatic nitrogens is 2. The predicted octanol–water partition coefficient (Wildman–Crippen LogP) is 4.41. The molecular formula is C28H31N5O3S. The molecule has 0 bridgehead atoms. The maximum atomic E-state index is 13.1. The fourth-order valence-corrected chi connectivity index (χ4v) is 5.66. The first-order chi connectivity index (χ1) is 17.9. The fraction of sp³-hybridized carbons (Fsp3) is 0.357. The first-order valence-electron chi connectivity index (χ1n) is 12.5. The second-order valence-corrected chi connectivity index (χ2v) is 10.7. The third-order valence-corrected chi connectivity index (χ3v) is 7.83. The summed E-state index contributed by atoms with van der Waals surface area (Å²) in [5, 5.41) is 5.28. The molecule has 37 heavy (non-hydrogen) atoms. The molecule has 4 aromatic rings. The summed E-state index contributed by atoms with van der Waals surface area (Å²) in [7, 11) is 1.40. The average Bonchev–Trinajstić information content (AvgIpc) is 3.35. The van der Waals surface area contributed by atoms with Crippen molar-refractivity contribution in [1.29, 1.82) is 0 Å². The van der Waals surface area contributed by atoms with Gasteiger partial charge in [0.1, 0.15) is 17.7 Å². The van der Waals surface area contributed by atoms with Gasteiger partial charge in [-0.3, -0.25) is 9.69 Å². The van der Waals surface area contributed by atoms with Crippen molar-refractivity contribution in [3.8, 4) is 0 Å². The van der Waals surface area contributed by atoms with E-state index in [0.29, 0.717) is 31.3 Å². The number of hydrogen-bond donors (Lipinski definition) is 1. The van der Waals surface area contributed by atoms with Crippen molar-refractivity contribution in [2.75, 3.05) is 38.6 Å². The highest BCUT2D eigenvalue weighted by atomic mass is 32.1. The number of anilines is 1. The highest BCUT2D eigenvalue weighted by Gasteiger charge is 2.26. The van der Waals surface area contributed by atoms with Gasteiger partial charge in [0.25, 0.3) is 5.91 Å². The van der Waals surface area contributed by atoms with Gasteiger partial charge in [-0.05, 0) is 35.6 Å². The Kier molecular flexibility index (Phi) is 7.34. The number of piperazine rings is 1. The molecule has 1 amide bonds. The summed E-state index contributed by atoms with van der Waals surface area (Å²) in [5.74, 6) is 1.10. The van der Waals surface area contributed by atoms with Gasteiger partial charge in [-0.15, -0.1) is 11.3 Å². The number of carbonyl (C=O) groups excluding carboxylic acids is 2. The van der Waals surface area contributed by atoms with Crippen LogP contribution in [0.3, 0.4) is 0 Å². The minimum Gasteiger partial charge on any atom is -0.467 e. The van der Waals surface area contributed by atoms with Gasteiger partial charge in [0.05, 0.1) is 24.0 Å². The number of hydrogen-bond acceptors (Lipinski definition) is 8. The number of carbonyl (C=O) groups is 2. The lowest BCUT2D eigenvalue weighted by molar-refractivity contribution is -0.142. The molecule has 1 aliphatic heterocycles. The normalized spacial score (nSPS) is 15.3. The summed E-state index contributed by atoms with van der Waals surface area (Å²) in [6.07, 6.45) is 0. The number of nitrogens with one attached hydrogen (secondary N) is 1. The van der Waals surface area contributed by atoms with Crippen LogP contribution in [-0.4, -0.2) is 71.0 Å². The molecule has 1 aliphatic rings. The van der Waals surface area contributed by atoms with Gasteiger partial charge < -0.3 is 15.0 Å². The summed E-state index contributed by atoms with van der Waals surface area (Å²) in [4.78, 5) is 40.1. The van der Waals surface area contributed by atoms with Crippen LogP contribution in [0.5, 0.6) is 0 Å². The predicted molar refractivity (Wildman–Crippen MR) is 147 cm³/mol. The van der Waals surface area contributed by atoms with Crippen molar-refractivity contribution in [3.05, 3.63) is 65.3 Å². The number of nitrogens with zero attached hydrogens (tertiary/aromatic N) is 4. The van der Waals surface area contributed by atoms with Gasteiger partial charge in [-0.1, -0.05) is 44.2 Å². The number of fused-ring (bicyclic) bond motifs is 2. The van der Waals surface area contributed by atoms with Crippen LogP contribution in [0.4, 0.5) is 5.82 Å². The molecule has 192 valence electrons. The lowest BCUT2D eigenvalue weighted by Crippen LogP contribution is -2.48. The lowest BCUT2D eigenvalue weighted by atomic mass is 10.0. The zero-order chi connectivity index (χ0) is 25.9. The maximum Gasteiger partial charge on any atom is 0.328 e. The van der Waals surface area contributed by atoms with E-state index in [1.807, 2.05) is 67.3 Å². The van der Waals surface area contributed by atoms with Gasteiger partial charge >= 0.3 is 5.97 Å². The molecule has 2 aromatic heterocycles. The number of ether oxygens (including phenoxy) is 1. The number of thiophene rings is 1. The molecule has 2 aromatic carbocycles. The molecule has 1 N–H and O–H groups in total. The van der Waals surface area contributed by atoms with Gasteiger partial charge in [-0.2, -0.15) is 0 Å². The van der Waals surface area contributed by atoms with Crippen LogP contribution < -0.4 is 5.32 Å². The van der Waals surface area contributed by atoms with Gasteiger partial charge in [0, 0.05) is 36.3 Å². The van der Waals surface area contributed by atoms with E-state index in [9.17, 15) is 9.59 Å². The smallest absolute Gasteiger partial charge is 0.328 e. The number of rotatable bonds is 7. The first-order valence-corrected chi connectivity index (χ1v) is 13.3. The second kappa shape index (κ2) is 10.8. The molecular weight excluding hydrogens is 486 g/mol. The van der Waals surface area contributed by atoms with Crippen molar-refractivity contribution in [1.82, 2.24) is 19.8 Å². The SMILES string of the molecule is COC(=O)[C@@H](Nc1nc(CN2CCN(C(=O)c3cc4ccccc4s3)CC2)nc2ccccc12)C(C)C. The van der Waals surface area contributed by atoms with E-state index in [0.717, 1.165) is 39.0 Å². The minimum absolute atomic E-state index is 0.0242. The van der Waals surface area contributed by atoms with Gasteiger partial charge in [-0.25, -0.2) is 14.8 Å². The van der Waals surface area contributed by atoms with Crippen molar-refractivity contribution in [2.24, 2.45) is 5.92 Å². The zero-order valence-electron chi connectivity index (χ0n) is 21.3. The van der Waals surface area contributed by atoms with E-state index in [1.165, 1.54) is 7.11 Å². The molecule has 0 saturated carbocycles. The third kappa shape index (κ3) is 5.42. The number of amides is 1. The largest absolute Gasteiger partial charge is 0.467 e. The summed E-state index contributed by atoms with van der Waals surface area (Å²) in [6, 6.07) is 17.4. The molecule has 1 saturated heterocycles. The van der Waals surface area contributed by atoms with Crippen LogP contribution in [0.15, 0.2) is 54.6 Å². The Bertz CT molecular complexity index is 1390. The fourth-order valence-electron chi connectivity index (χ4n) is 4.63. The molecule has 0 aliphatic carbocycles. The topological polar surface area (TPSA) is 87.7 Å². The number of esters is 1. The van der Waals surface area contributed by atoms with Crippen LogP contribution in [0.1, 0.15) is 29.3 Å². The minimum atomic E-state index is -0.514. The van der Waals surface area contributed by atoms with Crippen molar-refractivity contribution in [3.63, 3.8) is 0 Å². The summed E-state index contributed by atoms with van der Waals surface area (Å²) in [5.41, 5.74) is 0.820. The van der Waals surface area contributed by atoms with E-state index in [1.54, 1.807) is 11.3 Å². The lowest BCUT2D eigenvalue weighted by Gasteiger charge is -2.34. The van der Waals surface area contributed by atoms with E-state index in [-0.39, 0.29) is 17.8 Å².